The summed E-state index contributed by atoms with van der Waals surface area (Å²) in [6.45, 7) is 2.29. The zero-order chi connectivity index (χ0) is 19.1. The number of hydrogen-bond donors (Lipinski definition) is 2. The molecule has 138 valence electrons. The van der Waals surface area contributed by atoms with Crippen LogP contribution in [0, 0.1) is 0 Å². The topological polar surface area (TPSA) is 78.5 Å². The summed E-state index contributed by atoms with van der Waals surface area (Å²) >= 11 is 6.00. The van der Waals surface area contributed by atoms with Crippen LogP contribution in [0.15, 0.2) is 42.5 Å². The summed E-state index contributed by atoms with van der Waals surface area (Å²) < 4.78 is 5.50. The molecule has 0 aliphatic carbocycles. The van der Waals surface area contributed by atoms with Gasteiger partial charge < -0.3 is 14.7 Å². The average molecular weight is 384 g/mol. The van der Waals surface area contributed by atoms with Crippen molar-refractivity contribution in [2.24, 2.45) is 0 Å². The summed E-state index contributed by atoms with van der Waals surface area (Å²) in [5, 5.41) is 17.9. The van der Waals surface area contributed by atoms with E-state index in [2.05, 4.69) is 10.2 Å². The normalized spacial score (nSPS) is 15.9. The minimum Gasteiger partial charge on any atom is -0.504 e. The molecule has 0 saturated heterocycles. The Bertz CT molecular complexity index is 1010. The Kier molecular flexibility index (Phi) is 4.28. The fourth-order valence-corrected chi connectivity index (χ4v) is 3.58. The molecule has 1 amide bonds. The van der Waals surface area contributed by atoms with Crippen molar-refractivity contribution in [2.45, 2.75) is 13.0 Å². The predicted octanol–water partition coefficient (Wildman–Crippen LogP) is 4.01. The van der Waals surface area contributed by atoms with E-state index in [9.17, 15) is 9.90 Å². The molecule has 7 heteroatoms. The van der Waals surface area contributed by atoms with E-state index in [-0.39, 0.29) is 17.7 Å². The fourth-order valence-electron chi connectivity index (χ4n) is 3.46. The molecule has 1 aromatic heterocycles. The number of hydrogen-bond acceptors (Lipinski definition) is 4. The van der Waals surface area contributed by atoms with Crippen LogP contribution in [0.1, 0.15) is 34.6 Å². The third-order valence-electron chi connectivity index (χ3n) is 4.72. The van der Waals surface area contributed by atoms with Gasteiger partial charge in [0.1, 0.15) is 5.69 Å². The van der Waals surface area contributed by atoms with Gasteiger partial charge in [-0.15, -0.1) is 0 Å². The first kappa shape index (κ1) is 17.4. The van der Waals surface area contributed by atoms with Gasteiger partial charge in [-0.1, -0.05) is 29.8 Å². The molecule has 2 heterocycles. The van der Waals surface area contributed by atoms with Crippen LogP contribution in [0.4, 0.5) is 0 Å². The van der Waals surface area contributed by atoms with Crippen molar-refractivity contribution in [3.05, 3.63) is 64.3 Å². The van der Waals surface area contributed by atoms with Crippen LogP contribution in [0.5, 0.6) is 11.5 Å². The fraction of sp³-hybridized carbons (Fsp3) is 0.200. The number of rotatable bonds is 4. The second kappa shape index (κ2) is 6.63. The highest BCUT2D eigenvalue weighted by atomic mass is 35.5. The van der Waals surface area contributed by atoms with Gasteiger partial charge in [-0.2, -0.15) is 5.10 Å². The zero-order valence-corrected chi connectivity index (χ0v) is 15.6. The van der Waals surface area contributed by atoms with Gasteiger partial charge in [-0.25, -0.2) is 0 Å². The highest BCUT2D eigenvalue weighted by molar-refractivity contribution is 6.30. The number of phenolic OH excluding ortho intramolecular Hbond substituents is 1. The van der Waals surface area contributed by atoms with Crippen LogP contribution in [0.2, 0.25) is 5.02 Å². The lowest BCUT2D eigenvalue weighted by molar-refractivity contribution is 0.0787. The molecule has 1 atom stereocenters. The monoisotopic (exact) mass is 383 g/mol. The number of aromatic hydroxyl groups is 1. The number of amides is 1. The number of benzene rings is 2. The minimum absolute atomic E-state index is 0.0675. The first-order valence-corrected chi connectivity index (χ1v) is 8.96. The molecule has 4 rings (SSSR count). The Morgan fingerprint density at radius 1 is 1.26 bits per heavy atom. The van der Waals surface area contributed by atoms with E-state index < -0.39 is 0 Å². The molecule has 2 N–H and O–H groups in total. The lowest BCUT2D eigenvalue weighted by Gasteiger charge is -2.22. The lowest BCUT2D eigenvalue weighted by atomic mass is 9.96. The number of carbonyl (C=O) groups excluding carboxylic acids is 1. The lowest BCUT2D eigenvalue weighted by Crippen LogP contribution is -2.24. The standard InChI is InChI=1S/C20H18ClN3O3/c1-3-27-15-10-12(6-9-14(15)25)19-16-17(11-4-7-13(21)8-5-11)22-23-18(16)20(26)24(19)2/h4-10,19,25H,3H2,1-2H3,(H,22,23)/t19-/m1/s1. The van der Waals surface area contributed by atoms with Crippen molar-refractivity contribution in [1.29, 1.82) is 0 Å². The number of nitrogens with zero attached hydrogens (tertiary/aromatic N) is 2. The van der Waals surface area contributed by atoms with Crippen molar-refractivity contribution >= 4 is 17.5 Å². The third kappa shape index (κ3) is 2.82. The molecule has 0 bridgehead atoms. The molecule has 1 aliphatic heterocycles. The number of aromatic amines is 1. The summed E-state index contributed by atoms with van der Waals surface area (Å²) in [5.74, 6) is 0.326. The molecule has 27 heavy (non-hydrogen) atoms. The SMILES string of the molecule is CCOc1cc([C@@H]2c3c(-c4ccc(Cl)cc4)n[nH]c3C(=O)N2C)ccc1O. The van der Waals surface area contributed by atoms with E-state index in [1.807, 2.05) is 19.1 Å². The van der Waals surface area contributed by atoms with E-state index in [1.54, 1.807) is 42.3 Å². The van der Waals surface area contributed by atoms with Crippen LogP contribution in [-0.4, -0.2) is 39.8 Å². The molecule has 6 nitrogen and oxygen atoms in total. The Morgan fingerprint density at radius 3 is 2.70 bits per heavy atom. The highest BCUT2D eigenvalue weighted by Crippen LogP contribution is 2.43. The second-order valence-electron chi connectivity index (χ2n) is 6.35. The van der Waals surface area contributed by atoms with Gasteiger partial charge in [0, 0.05) is 23.2 Å². The quantitative estimate of drug-likeness (QED) is 0.713. The molecule has 2 aromatic carbocycles. The molecule has 0 fully saturated rings. The van der Waals surface area contributed by atoms with E-state index in [0.717, 1.165) is 16.7 Å². The van der Waals surface area contributed by atoms with Gasteiger partial charge in [0.15, 0.2) is 11.5 Å². The molecule has 3 aromatic rings. The first-order chi connectivity index (χ1) is 13.0. The summed E-state index contributed by atoms with van der Waals surface area (Å²) in [6.07, 6.45) is 0. The maximum atomic E-state index is 12.7. The van der Waals surface area contributed by atoms with Gasteiger partial charge in [0.25, 0.3) is 5.91 Å². The molecule has 0 unspecified atom stereocenters. The summed E-state index contributed by atoms with van der Waals surface area (Å²) in [5.41, 5.74) is 3.68. The van der Waals surface area contributed by atoms with Crippen LogP contribution >= 0.6 is 11.6 Å². The Morgan fingerprint density at radius 2 is 2.00 bits per heavy atom. The summed E-state index contributed by atoms with van der Waals surface area (Å²) in [4.78, 5) is 14.4. The highest BCUT2D eigenvalue weighted by Gasteiger charge is 2.40. The maximum Gasteiger partial charge on any atom is 0.272 e. The van der Waals surface area contributed by atoms with Gasteiger partial charge in [-0.05, 0) is 36.8 Å². The van der Waals surface area contributed by atoms with E-state index in [0.29, 0.717) is 28.8 Å². The zero-order valence-electron chi connectivity index (χ0n) is 14.9. The van der Waals surface area contributed by atoms with Crippen molar-refractivity contribution in [3.8, 4) is 22.8 Å². The molecule has 0 radical (unpaired) electrons. The Labute approximate surface area is 161 Å². The van der Waals surface area contributed by atoms with Gasteiger partial charge >= 0.3 is 0 Å². The van der Waals surface area contributed by atoms with Crippen molar-refractivity contribution in [2.75, 3.05) is 13.7 Å². The van der Waals surface area contributed by atoms with E-state index >= 15 is 0 Å². The average Bonchev–Trinajstić information content (AvgIpc) is 3.18. The second-order valence-corrected chi connectivity index (χ2v) is 6.78. The largest absolute Gasteiger partial charge is 0.504 e. The third-order valence-corrected chi connectivity index (χ3v) is 4.97. The van der Waals surface area contributed by atoms with Gasteiger partial charge in [-0.3, -0.25) is 9.89 Å². The molecular formula is C20H18ClN3O3. The number of ether oxygens (including phenoxy) is 1. The number of nitrogens with one attached hydrogen (secondary N) is 1. The minimum atomic E-state index is -0.336. The van der Waals surface area contributed by atoms with Gasteiger partial charge in [0.2, 0.25) is 0 Å². The smallest absolute Gasteiger partial charge is 0.272 e. The summed E-state index contributed by atoms with van der Waals surface area (Å²) in [6, 6.07) is 12.1. The van der Waals surface area contributed by atoms with Crippen molar-refractivity contribution in [3.63, 3.8) is 0 Å². The van der Waals surface area contributed by atoms with Crippen LogP contribution in [0.25, 0.3) is 11.3 Å². The predicted molar refractivity (Wildman–Crippen MR) is 102 cm³/mol. The Hall–Kier alpha value is -2.99. The number of phenols is 1. The number of halogens is 1. The van der Waals surface area contributed by atoms with Crippen LogP contribution in [0.3, 0.4) is 0 Å². The van der Waals surface area contributed by atoms with Crippen LogP contribution < -0.4 is 4.74 Å². The molecular weight excluding hydrogens is 366 g/mol. The van der Waals surface area contributed by atoms with E-state index in [1.165, 1.54) is 0 Å². The molecule has 0 saturated carbocycles. The van der Waals surface area contributed by atoms with Crippen molar-refractivity contribution in [1.82, 2.24) is 15.1 Å². The summed E-state index contributed by atoms with van der Waals surface area (Å²) in [7, 11) is 1.75. The molecule has 1 aliphatic rings. The van der Waals surface area contributed by atoms with Gasteiger partial charge in [0.05, 0.1) is 18.3 Å². The number of carbonyl (C=O) groups is 1. The first-order valence-electron chi connectivity index (χ1n) is 8.58. The Balaban J connectivity index is 1.85. The van der Waals surface area contributed by atoms with Crippen molar-refractivity contribution < 1.29 is 14.6 Å². The van der Waals surface area contributed by atoms with E-state index in [4.69, 9.17) is 16.3 Å². The van der Waals surface area contributed by atoms with Crippen LogP contribution in [-0.2, 0) is 0 Å². The molecule has 0 spiro atoms. The number of H-pyrrole nitrogens is 1. The number of aromatic nitrogens is 2. The number of fused-ring (bicyclic) bond motifs is 1. The maximum absolute atomic E-state index is 12.7.